The molecule has 5 heteroatoms. The second-order valence-corrected chi connectivity index (χ2v) is 7.03. The summed E-state index contributed by atoms with van der Waals surface area (Å²) < 4.78 is 19.0. The van der Waals surface area contributed by atoms with E-state index in [1.54, 1.807) is 7.11 Å². The first kappa shape index (κ1) is 18.8. The first-order valence-electron chi connectivity index (χ1n) is 9.99. The molecule has 1 saturated heterocycles. The van der Waals surface area contributed by atoms with E-state index in [0.717, 1.165) is 50.9 Å². The van der Waals surface area contributed by atoms with Gasteiger partial charge in [0.05, 0.1) is 25.8 Å². The molecule has 0 bridgehead atoms. The van der Waals surface area contributed by atoms with Gasteiger partial charge in [-0.05, 0) is 55.0 Å². The Morgan fingerprint density at radius 3 is 2.43 bits per heavy atom. The summed E-state index contributed by atoms with van der Waals surface area (Å²) in [5, 5.41) is 1.23. The van der Waals surface area contributed by atoms with Gasteiger partial charge in [-0.15, -0.1) is 0 Å². The zero-order chi connectivity index (χ0) is 19.3. The van der Waals surface area contributed by atoms with E-state index in [1.165, 1.54) is 22.2 Å². The van der Waals surface area contributed by atoms with Gasteiger partial charge < -0.3 is 18.8 Å². The zero-order valence-electron chi connectivity index (χ0n) is 16.7. The summed E-state index contributed by atoms with van der Waals surface area (Å²) in [6.45, 7) is 8.36. The standard InChI is InChI=1S/C23H28N2O3/c1-3-25-22(16-19-6-9-21(26-2)17-23(19)25)18-4-7-20(8-5-18)28-15-12-24-10-13-27-14-11-24/h4-9,16-17H,3,10-15H2,1-2H3. The molecule has 148 valence electrons. The topological polar surface area (TPSA) is 35.9 Å². The van der Waals surface area contributed by atoms with Crippen LogP contribution in [-0.4, -0.2) is 56.0 Å². The molecule has 5 nitrogen and oxygen atoms in total. The highest BCUT2D eigenvalue weighted by atomic mass is 16.5. The third-order valence-electron chi connectivity index (χ3n) is 5.36. The Hall–Kier alpha value is -2.50. The Labute approximate surface area is 166 Å². The number of ether oxygens (including phenoxy) is 3. The van der Waals surface area contributed by atoms with Crippen LogP contribution in [-0.2, 0) is 11.3 Å². The van der Waals surface area contributed by atoms with Gasteiger partial charge in [0.2, 0.25) is 0 Å². The number of rotatable bonds is 7. The van der Waals surface area contributed by atoms with E-state index in [0.29, 0.717) is 6.61 Å². The van der Waals surface area contributed by atoms with Crippen molar-refractivity contribution in [2.45, 2.75) is 13.5 Å². The number of aromatic nitrogens is 1. The van der Waals surface area contributed by atoms with E-state index < -0.39 is 0 Å². The van der Waals surface area contributed by atoms with Crippen LogP contribution in [0.1, 0.15) is 6.92 Å². The SMILES string of the molecule is CCn1c(-c2ccc(OCCN3CCOCC3)cc2)cc2ccc(OC)cc21. The molecule has 0 aliphatic carbocycles. The molecule has 1 aliphatic heterocycles. The Balaban J connectivity index is 1.47. The van der Waals surface area contributed by atoms with Crippen molar-refractivity contribution >= 4 is 10.9 Å². The van der Waals surface area contributed by atoms with E-state index in [4.69, 9.17) is 14.2 Å². The molecular weight excluding hydrogens is 352 g/mol. The highest BCUT2D eigenvalue weighted by Gasteiger charge is 2.12. The molecule has 0 amide bonds. The lowest BCUT2D eigenvalue weighted by atomic mass is 10.1. The van der Waals surface area contributed by atoms with E-state index in [2.05, 4.69) is 58.9 Å². The van der Waals surface area contributed by atoms with Gasteiger partial charge in [-0.3, -0.25) is 4.90 Å². The Kier molecular flexibility index (Phi) is 5.84. The fourth-order valence-corrected chi connectivity index (χ4v) is 3.78. The van der Waals surface area contributed by atoms with Crippen LogP contribution in [0, 0.1) is 0 Å². The minimum absolute atomic E-state index is 0.703. The predicted molar refractivity (Wildman–Crippen MR) is 112 cm³/mol. The molecule has 0 saturated carbocycles. The molecule has 28 heavy (non-hydrogen) atoms. The van der Waals surface area contributed by atoms with Gasteiger partial charge in [0.15, 0.2) is 0 Å². The zero-order valence-corrected chi connectivity index (χ0v) is 16.7. The number of nitrogens with zero attached hydrogens (tertiary/aromatic N) is 2. The smallest absolute Gasteiger partial charge is 0.120 e. The minimum atomic E-state index is 0.703. The predicted octanol–water partition coefficient (Wildman–Crippen LogP) is 4.05. The highest BCUT2D eigenvalue weighted by molar-refractivity contribution is 5.88. The summed E-state index contributed by atoms with van der Waals surface area (Å²) in [7, 11) is 1.71. The summed E-state index contributed by atoms with van der Waals surface area (Å²) in [4.78, 5) is 2.38. The molecule has 2 heterocycles. The lowest BCUT2D eigenvalue weighted by Crippen LogP contribution is -2.38. The van der Waals surface area contributed by atoms with Crippen LogP contribution in [0.5, 0.6) is 11.5 Å². The van der Waals surface area contributed by atoms with Gasteiger partial charge in [-0.2, -0.15) is 0 Å². The second-order valence-electron chi connectivity index (χ2n) is 7.03. The average molecular weight is 380 g/mol. The van der Waals surface area contributed by atoms with Crippen molar-refractivity contribution in [3.8, 4) is 22.8 Å². The van der Waals surface area contributed by atoms with E-state index >= 15 is 0 Å². The largest absolute Gasteiger partial charge is 0.497 e. The summed E-state index contributed by atoms with van der Waals surface area (Å²) in [6.07, 6.45) is 0. The van der Waals surface area contributed by atoms with Crippen LogP contribution >= 0.6 is 0 Å². The molecule has 0 unspecified atom stereocenters. The van der Waals surface area contributed by atoms with Crippen LogP contribution in [0.25, 0.3) is 22.2 Å². The third-order valence-corrected chi connectivity index (χ3v) is 5.36. The molecule has 1 aliphatic rings. The molecule has 3 aromatic rings. The van der Waals surface area contributed by atoms with Crippen molar-refractivity contribution in [3.05, 3.63) is 48.5 Å². The number of benzene rings is 2. The van der Waals surface area contributed by atoms with Crippen LogP contribution in [0.4, 0.5) is 0 Å². The summed E-state index contributed by atoms with van der Waals surface area (Å²) in [5.41, 5.74) is 3.60. The number of methoxy groups -OCH3 is 1. The van der Waals surface area contributed by atoms with Gasteiger partial charge in [0.1, 0.15) is 18.1 Å². The van der Waals surface area contributed by atoms with Crippen molar-refractivity contribution in [2.24, 2.45) is 0 Å². The molecule has 0 N–H and O–H groups in total. The fraction of sp³-hybridized carbons (Fsp3) is 0.391. The molecule has 1 aromatic heterocycles. The molecule has 0 radical (unpaired) electrons. The normalized spacial score (nSPS) is 15.1. The van der Waals surface area contributed by atoms with Crippen LogP contribution < -0.4 is 9.47 Å². The number of fused-ring (bicyclic) bond motifs is 1. The molecule has 4 rings (SSSR count). The number of hydrogen-bond donors (Lipinski definition) is 0. The number of hydrogen-bond acceptors (Lipinski definition) is 4. The van der Waals surface area contributed by atoms with Crippen LogP contribution in [0.15, 0.2) is 48.5 Å². The first-order chi connectivity index (χ1) is 13.8. The Bertz CT molecular complexity index is 911. The van der Waals surface area contributed by atoms with E-state index in [-0.39, 0.29) is 0 Å². The maximum absolute atomic E-state index is 5.94. The monoisotopic (exact) mass is 380 g/mol. The van der Waals surface area contributed by atoms with E-state index in [1.807, 2.05) is 6.07 Å². The number of morpholine rings is 1. The van der Waals surface area contributed by atoms with Gasteiger partial charge >= 0.3 is 0 Å². The average Bonchev–Trinajstić information content (AvgIpc) is 3.12. The second kappa shape index (κ2) is 8.67. The molecule has 0 atom stereocenters. The van der Waals surface area contributed by atoms with Crippen molar-refractivity contribution in [3.63, 3.8) is 0 Å². The maximum Gasteiger partial charge on any atom is 0.120 e. The van der Waals surface area contributed by atoms with E-state index in [9.17, 15) is 0 Å². The van der Waals surface area contributed by atoms with Crippen molar-refractivity contribution < 1.29 is 14.2 Å². The first-order valence-corrected chi connectivity index (χ1v) is 9.99. The molecular formula is C23H28N2O3. The van der Waals surface area contributed by atoms with Gasteiger partial charge in [-0.1, -0.05) is 0 Å². The third kappa shape index (κ3) is 4.01. The maximum atomic E-state index is 5.94. The van der Waals surface area contributed by atoms with Crippen molar-refractivity contribution in [1.29, 1.82) is 0 Å². The van der Waals surface area contributed by atoms with Crippen LogP contribution in [0.2, 0.25) is 0 Å². The van der Waals surface area contributed by atoms with Gasteiger partial charge in [0.25, 0.3) is 0 Å². The summed E-state index contributed by atoms with van der Waals surface area (Å²) in [6, 6.07) is 16.9. The minimum Gasteiger partial charge on any atom is -0.497 e. The quantitative estimate of drug-likeness (QED) is 0.620. The highest BCUT2D eigenvalue weighted by Crippen LogP contribution is 2.31. The lowest BCUT2D eigenvalue weighted by Gasteiger charge is -2.26. The fourth-order valence-electron chi connectivity index (χ4n) is 3.78. The molecule has 0 spiro atoms. The lowest BCUT2D eigenvalue weighted by molar-refractivity contribution is 0.0322. The van der Waals surface area contributed by atoms with Crippen molar-refractivity contribution in [1.82, 2.24) is 9.47 Å². The van der Waals surface area contributed by atoms with Crippen molar-refractivity contribution in [2.75, 3.05) is 46.6 Å². The molecule has 2 aromatic carbocycles. The van der Waals surface area contributed by atoms with Gasteiger partial charge in [0, 0.05) is 43.3 Å². The number of aryl methyl sites for hydroxylation is 1. The summed E-state index contributed by atoms with van der Waals surface area (Å²) in [5.74, 6) is 1.80. The Morgan fingerprint density at radius 1 is 0.964 bits per heavy atom. The van der Waals surface area contributed by atoms with Crippen LogP contribution in [0.3, 0.4) is 0 Å². The summed E-state index contributed by atoms with van der Waals surface area (Å²) >= 11 is 0. The Morgan fingerprint density at radius 2 is 1.71 bits per heavy atom. The molecule has 1 fully saturated rings. The van der Waals surface area contributed by atoms with Gasteiger partial charge in [-0.25, -0.2) is 0 Å².